The van der Waals surface area contributed by atoms with Gasteiger partial charge in [0, 0.05) is 11.1 Å². The maximum Gasteiger partial charge on any atom is 0.261 e. The van der Waals surface area contributed by atoms with Crippen molar-refractivity contribution in [2.75, 3.05) is 11.8 Å². The van der Waals surface area contributed by atoms with Crippen LogP contribution in [-0.4, -0.2) is 21.4 Å². The van der Waals surface area contributed by atoms with E-state index in [0.29, 0.717) is 22.6 Å². The lowest BCUT2D eigenvalue weighted by Crippen LogP contribution is -2.27. The minimum absolute atomic E-state index is 0.185. The highest BCUT2D eigenvalue weighted by Gasteiger charge is 2.18. The number of amides is 1. The zero-order valence-corrected chi connectivity index (χ0v) is 18.8. The largest absolute Gasteiger partial charge is 0.496 e. The highest BCUT2D eigenvalue weighted by Crippen LogP contribution is 2.25. The van der Waals surface area contributed by atoms with Crippen LogP contribution < -0.4 is 14.8 Å². The van der Waals surface area contributed by atoms with Crippen LogP contribution in [0.5, 0.6) is 5.75 Å². The van der Waals surface area contributed by atoms with Gasteiger partial charge in [-0.2, -0.15) is 0 Å². The second kappa shape index (κ2) is 9.22. The summed E-state index contributed by atoms with van der Waals surface area (Å²) in [6.45, 7) is 5.53. The van der Waals surface area contributed by atoms with Crippen LogP contribution >= 0.6 is 0 Å². The van der Waals surface area contributed by atoms with Gasteiger partial charge in [0.25, 0.3) is 15.9 Å². The molecule has 0 unspecified atom stereocenters. The molecule has 0 saturated carbocycles. The number of hydrogen-bond acceptors (Lipinski definition) is 4. The Morgan fingerprint density at radius 3 is 2.29 bits per heavy atom. The number of para-hydroxylation sites is 1. The van der Waals surface area contributed by atoms with Crippen LogP contribution in [0.25, 0.3) is 0 Å². The summed E-state index contributed by atoms with van der Waals surface area (Å²) in [6.07, 6.45) is 0. The van der Waals surface area contributed by atoms with Gasteiger partial charge < -0.3 is 10.1 Å². The molecule has 6 nitrogen and oxygen atoms in total. The fraction of sp³-hybridized carbons (Fsp3) is 0.208. The van der Waals surface area contributed by atoms with Crippen LogP contribution in [0.2, 0.25) is 0 Å². The van der Waals surface area contributed by atoms with E-state index in [1.165, 1.54) is 0 Å². The molecule has 0 aromatic heterocycles. The zero-order valence-electron chi connectivity index (χ0n) is 18.0. The standard InChI is InChI=1S/C24H26N2O4S/c1-16-9-12-20(13-10-16)31(28,29)26-22-14-11-19(15-17(22)2)24(27)25-18(3)21-7-5-6-8-23(21)30-4/h5-15,18,26H,1-4H3,(H,25,27)/t18-/m1/s1. The van der Waals surface area contributed by atoms with E-state index in [9.17, 15) is 13.2 Å². The number of carbonyl (C=O) groups is 1. The van der Waals surface area contributed by atoms with Gasteiger partial charge in [0.1, 0.15) is 5.75 Å². The van der Waals surface area contributed by atoms with Crippen molar-refractivity contribution < 1.29 is 17.9 Å². The molecular weight excluding hydrogens is 412 g/mol. The summed E-state index contributed by atoms with van der Waals surface area (Å²) in [7, 11) is -2.12. The van der Waals surface area contributed by atoms with Crippen molar-refractivity contribution in [2.24, 2.45) is 0 Å². The number of aryl methyl sites for hydroxylation is 2. The number of anilines is 1. The number of sulfonamides is 1. The second-order valence-corrected chi connectivity index (χ2v) is 9.07. The first-order valence-electron chi connectivity index (χ1n) is 9.85. The van der Waals surface area contributed by atoms with Gasteiger partial charge >= 0.3 is 0 Å². The summed E-state index contributed by atoms with van der Waals surface area (Å²) in [5.41, 5.74) is 3.37. The Labute approximate surface area is 183 Å². The second-order valence-electron chi connectivity index (χ2n) is 7.39. The van der Waals surface area contributed by atoms with Gasteiger partial charge in [-0.3, -0.25) is 9.52 Å². The fourth-order valence-corrected chi connectivity index (χ4v) is 4.35. The third kappa shape index (κ3) is 5.24. The molecule has 0 bridgehead atoms. The van der Waals surface area contributed by atoms with Gasteiger partial charge in [-0.05, 0) is 62.7 Å². The van der Waals surface area contributed by atoms with Crippen molar-refractivity contribution in [3.05, 3.63) is 89.0 Å². The van der Waals surface area contributed by atoms with Crippen LogP contribution in [-0.2, 0) is 10.0 Å². The average molecular weight is 439 g/mol. The molecule has 1 amide bonds. The van der Waals surface area contributed by atoms with Crippen LogP contribution in [0.3, 0.4) is 0 Å². The summed E-state index contributed by atoms with van der Waals surface area (Å²) in [5.74, 6) is 0.446. The van der Waals surface area contributed by atoms with Crippen LogP contribution in [0.1, 0.15) is 40.0 Å². The minimum atomic E-state index is -3.71. The minimum Gasteiger partial charge on any atom is -0.496 e. The van der Waals surface area contributed by atoms with E-state index in [2.05, 4.69) is 10.0 Å². The predicted octanol–water partition coefficient (Wildman–Crippen LogP) is 4.60. The fourth-order valence-electron chi connectivity index (χ4n) is 3.22. The highest BCUT2D eigenvalue weighted by atomic mass is 32.2. The Hall–Kier alpha value is -3.32. The van der Waals surface area contributed by atoms with Gasteiger partial charge in [0.05, 0.1) is 23.7 Å². The monoisotopic (exact) mass is 438 g/mol. The summed E-state index contributed by atoms with van der Waals surface area (Å²) in [5, 5.41) is 2.96. The predicted molar refractivity (Wildman–Crippen MR) is 122 cm³/mol. The Kier molecular flexibility index (Phi) is 6.65. The summed E-state index contributed by atoms with van der Waals surface area (Å²) in [6, 6.07) is 18.7. The number of nitrogens with one attached hydrogen (secondary N) is 2. The Bertz CT molecular complexity index is 1190. The van der Waals surface area contributed by atoms with E-state index in [4.69, 9.17) is 4.74 Å². The SMILES string of the molecule is COc1ccccc1[C@@H](C)NC(=O)c1ccc(NS(=O)(=O)c2ccc(C)cc2)c(C)c1. The quantitative estimate of drug-likeness (QED) is 0.564. The van der Waals surface area contributed by atoms with Gasteiger partial charge in [0.15, 0.2) is 0 Å². The van der Waals surface area contributed by atoms with Crippen molar-refractivity contribution in [1.82, 2.24) is 5.32 Å². The lowest BCUT2D eigenvalue weighted by molar-refractivity contribution is 0.0939. The highest BCUT2D eigenvalue weighted by molar-refractivity contribution is 7.92. The molecule has 3 rings (SSSR count). The van der Waals surface area contributed by atoms with E-state index < -0.39 is 10.0 Å². The first-order valence-corrected chi connectivity index (χ1v) is 11.3. The van der Waals surface area contributed by atoms with E-state index in [1.54, 1.807) is 56.5 Å². The van der Waals surface area contributed by atoms with Crippen molar-refractivity contribution in [2.45, 2.75) is 31.7 Å². The van der Waals surface area contributed by atoms with E-state index in [0.717, 1.165) is 11.1 Å². The van der Waals surface area contributed by atoms with Crippen molar-refractivity contribution in [3.8, 4) is 5.75 Å². The van der Waals surface area contributed by atoms with Gasteiger partial charge in [-0.15, -0.1) is 0 Å². The van der Waals surface area contributed by atoms with E-state index in [-0.39, 0.29) is 16.8 Å². The molecule has 0 saturated heterocycles. The van der Waals surface area contributed by atoms with Crippen molar-refractivity contribution in [1.29, 1.82) is 0 Å². The smallest absolute Gasteiger partial charge is 0.261 e. The first-order chi connectivity index (χ1) is 14.7. The number of rotatable bonds is 7. The number of ether oxygens (including phenoxy) is 1. The van der Waals surface area contributed by atoms with Crippen LogP contribution in [0, 0.1) is 13.8 Å². The molecule has 31 heavy (non-hydrogen) atoms. The first kappa shape index (κ1) is 22.4. The molecule has 3 aromatic carbocycles. The molecule has 0 aliphatic carbocycles. The Morgan fingerprint density at radius 1 is 0.968 bits per heavy atom. The number of benzene rings is 3. The van der Waals surface area contributed by atoms with Gasteiger partial charge in [0.2, 0.25) is 0 Å². The van der Waals surface area contributed by atoms with Crippen molar-refractivity contribution >= 4 is 21.6 Å². The third-order valence-corrected chi connectivity index (χ3v) is 6.40. The topological polar surface area (TPSA) is 84.5 Å². The van der Waals surface area contributed by atoms with Gasteiger partial charge in [-0.25, -0.2) is 8.42 Å². The molecule has 162 valence electrons. The maximum atomic E-state index is 12.7. The Morgan fingerprint density at radius 2 is 1.65 bits per heavy atom. The molecule has 7 heteroatoms. The lowest BCUT2D eigenvalue weighted by Gasteiger charge is -2.18. The van der Waals surface area contributed by atoms with Gasteiger partial charge in [-0.1, -0.05) is 35.9 Å². The normalized spacial score (nSPS) is 12.1. The molecule has 0 heterocycles. The number of carbonyl (C=O) groups excluding carboxylic acids is 1. The molecule has 0 fully saturated rings. The molecule has 0 spiro atoms. The number of hydrogen-bond donors (Lipinski definition) is 2. The zero-order chi connectivity index (χ0) is 22.6. The maximum absolute atomic E-state index is 12.7. The molecule has 2 N–H and O–H groups in total. The molecule has 0 radical (unpaired) electrons. The average Bonchev–Trinajstić information content (AvgIpc) is 2.75. The molecule has 0 aliphatic rings. The van der Waals surface area contributed by atoms with E-state index >= 15 is 0 Å². The molecule has 1 atom stereocenters. The summed E-state index contributed by atoms with van der Waals surface area (Å²) < 4.78 is 33.2. The molecule has 0 aliphatic heterocycles. The summed E-state index contributed by atoms with van der Waals surface area (Å²) >= 11 is 0. The van der Waals surface area contributed by atoms with E-state index in [1.807, 2.05) is 38.1 Å². The molecular formula is C24H26N2O4S. The molecule has 3 aromatic rings. The van der Waals surface area contributed by atoms with Crippen LogP contribution in [0.15, 0.2) is 71.6 Å². The number of methoxy groups -OCH3 is 1. The lowest BCUT2D eigenvalue weighted by atomic mass is 10.1. The van der Waals surface area contributed by atoms with Crippen molar-refractivity contribution in [3.63, 3.8) is 0 Å². The van der Waals surface area contributed by atoms with Crippen LogP contribution in [0.4, 0.5) is 5.69 Å². The third-order valence-electron chi connectivity index (χ3n) is 5.02. The Balaban J connectivity index is 1.75. The summed E-state index contributed by atoms with van der Waals surface area (Å²) in [4.78, 5) is 12.9.